The first-order valence-electron chi connectivity index (χ1n) is 6.58. The molecule has 0 saturated heterocycles. The normalized spacial score (nSPS) is 10.6. The minimum Gasteiger partial charge on any atom is -0.492 e. The largest absolute Gasteiger partial charge is 0.492 e. The fourth-order valence-corrected chi connectivity index (χ4v) is 2.15. The fraction of sp³-hybridized carbons (Fsp3) is 0.357. The average molecular weight is 290 g/mol. The Kier molecular flexibility index (Phi) is 4.54. The lowest BCUT2D eigenvalue weighted by Gasteiger charge is -2.09. The van der Waals surface area contributed by atoms with Crippen molar-refractivity contribution in [1.29, 1.82) is 0 Å². The molecule has 0 fully saturated rings. The third kappa shape index (κ3) is 3.57. The fourth-order valence-electron chi connectivity index (χ4n) is 2.15. The number of carboxylic acids is 1. The molecular weight excluding hydrogens is 272 g/mol. The monoisotopic (exact) mass is 290 g/mol. The predicted octanol–water partition coefficient (Wildman–Crippen LogP) is 1.13. The Bertz CT molecular complexity index is 631. The number of hydrogen-bond donors (Lipinski definition) is 2. The first-order chi connectivity index (χ1) is 10.0. The molecule has 7 nitrogen and oxygen atoms in total. The molecule has 0 radical (unpaired) electrons. The molecule has 0 unspecified atom stereocenters. The number of nitrogens with two attached hydrogens (primary N) is 1. The van der Waals surface area contributed by atoms with E-state index >= 15 is 0 Å². The Morgan fingerprint density at radius 1 is 1.33 bits per heavy atom. The standard InChI is InChI=1S/C14H18N4O3/c1-9-5-10(2)7-11(6-9)21-4-3-18-12(8-15)13(14(19)20)16-17-18/h5-7H,3-4,8,15H2,1-2H3,(H,19,20). The molecule has 0 saturated carbocycles. The van der Waals surface area contributed by atoms with Gasteiger partial charge in [-0.2, -0.15) is 0 Å². The summed E-state index contributed by atoms with van der Waals surface area (Å²) in [5.41, 5.74) is 8.09. The number of carboxylic acid groups (broad SMARTS) is 1. The van der Waals surface area contributed by atoms with Crippen molar-refractivity contribution in [3.8, 4) is 5.75 Å². The highest BCUT2D eigenvalue weighted by Gasteiger charge is 2.17. The lowest BCUT2D eigenvalue weighted by molar-refractivity contribution is 0.0689. The van der Waals surface area contributed by atoms with E-state index in [1.807, 2.05) is 26.0 Å². The molecule has 0 aliphatic heterocycles. The first kappa shape index (κ1) is 15.0. The smallest absolute Gasteiger partial charge is 0.358 e. The Morgan fingerprint density at radius 2 is 2.00 bits per heavy atom. The third-order valence-corrected chi connectivity index (χ3v) is 3.00. The van der Waals surface area contributed by atoms with Crippen LogP contribution in [0.1, 0.15) is 27.3 Å². The molecule has 21 heavy (non-hydrogen) atoms. The van der Waals surface area contributed by atoms with Crippen LogP contribution in [0, 0.1) is 13.8 Å². The van der Waals surface area contributed by atoms with Crippen molar-refractivity contribution in [1.82, 2.24) is 15.0 Å². The first-order valence-corrected chi connectivity index (χ1v) is 6.58. The summed E-state index contributed by atoms with van der Waals surface area (Å²) in [6.07, 6.45) is 0. The van der Waals surface area contributed by atoms with E-state index in [0.29, 0.717) is 18.8 Å². The van der Waals surface area contributed by atoms with Gasteiger partial charge in [0.2, 0.25) is 0 Å². The molecule has 1 aromatic heterocycles. The van der Waals surface area contributed by atoms with E-state index in [1.165, 1.54) is 4.68 Å². The molecule has 0 atom stereocenters. The second kappa shape index (κ2) is 6.36. The van der Waals surface area contributed by atoms with E-state index in [4.69, 9.17) is 15.6 Å². The van der Waals surface area contributed by atoms with E-state index < -0.39 is 5.97 Å². The maximum atomic E-state index is 11.0. The van der Waals surface area contributed by atoms with Crippen LogP contribution in [0.2, 0.25) is 0 Å². The predicted molar refractivity (Wildman–Crippen MR) is 76.3 cm³/mol. The lowest BCUT2D eigenvalue weighted by atomic mass is 10.1. The van der Waals surface area contributed by atoms with Crippen molar-refractivity contribution in [3.05, 3.63) is 40.7 Å². The SMILES string of the molecule is Cc1cc(C)cc(OCCn2nnc(C(=O)O)c2CN)c1. The average Bonchev–Trinajstić information content (AvgIpc) is 2.80. The van der Waals surface area contributed by atoms with Crippen molar-refractivity contribution >= 4 is 5.97 Å². The van der Waals surface area contributed by atoms with E-state index in [9.17, 15) is 4.79 Å². The van der Waals surface area contributed by atoms with Crippen LogP contribution >= 0.6 is 0 Å². The molecule has 1 aromatic carbocycles. The molecule has 0 aliphatic rings. The van der Waals surface area contributed by atoms with Gasteiger partial charge in [-0.3, -0.25) is 0 Å². The molecule has 2 aromatic rings. The molecule has 0 spiro atoms. The Hall–Kier alpha value is -2.41. The second-order valence-electron chi connectivity index (χ2n) is 4.79. The van der Waals surface area contributed by atoms with Gasteiger partial charge in [0.05, 0.1) is 12.2 Å². The van der Waals surface area contributed by atoms with Crippen LogP contribution in [0.15, 0.2) is 18.2 Å². The highest BCUT2D eigenvalue weighted by atomic mass is 16.5. The molecule has 2 rings (SSSR count). The Labute approximate surface area is 122 Å². The van der Waals surface area contributed by atoms with Gasteiger partial charge in [0.25, 0.3) is 0 Å². The van der Waals surface area contributed by atoms with Gasteiger partial charge in [0.1, 0.15) is 12.4 Å². The van der Waals surface area contributed by atoms with Gasteiger partial charge in [0.15, 0.2) is 5.69 Å². The molecule has 7 heteroatoms. The number of nitrogens with zero attached hydrogens (tertiary/aromatic N) is 3. The molecule has 1 heterocycles. The number of aromatic carboxylic acids is 1. The van der Waals surface area contributed by atoms with Crippen LogP contribution in [0.5, 0.6) is 5.75 Å². The summed E-state index contributed by atoms with van der Waals surface area (Å²) in [5, 5.41) is 16.4. The molecule has 0 amide bonds. The zero-order valence-electron chi connectivity index (χ0n) is 12.0. The van der Waals surface area contributed by atoms with E-state index in [-0.39, 0.29) is 12.2 Å². The summed E-state index contributed by atoms with van der Waals surface area (Å²) in [4.78, 5) is 11.0. The zero-order chi connectivity index (χ0) is 15.4. The number of aromatic nitrogens is 3. The Balaban J connectivity index is 2.02. The highest BCUT2D eigenvalue weighted by Crippen LogP contribution is 2.16. The van der Waals surface area contributed by atoms with Crippen LogP contribution in [-0.4, -0.2) is 32.7 Å². The van der Waals surface area contributed by atoms with E-state index in [0.717, 1.165) is 16.9 Å². The third-order valence-electron chi connectivity index (χ3n) is 3.00. The second-order valence-corrected chi connectivity index (χ2v) is 4.79. The van der Waals surface area contributed by atoms with E-state index in [2.05, 4.69) is 16.4 Å². The maximum absolute atomic E-state index is 11.0. The van der Waals surface area contributed by atoms with Gasteiger partial charge in [-0.1, -0.05) is 11.3 Å². The maximum Gasteiger partial charge on any atom is 0.358 e. The lowest BCUT2D eigenvalue weighted by Crippen LogP contribution is -2.16. The van der Waals surface area contributed by atoms with Gasteiger partial charge in [-0.05, 0) is 37.1 Å². The number of rotatable bonds is 6. The number of carbonyl (C=O) groups is 1. The number of hydrogen-bond acceptors (Lipinski definition) is 5. The summed E-state index contributed by atoms with van der Waals surface area (Å²) in [6, 6.07) is 5.96. The van der Waals surface area contributed by atoms with Crippen LogP contribution in [0.4, 0.5) is 0 Å². The molecule has 0 bridgehead atoms. The van der Waals surface area contributed by atoms with Crippen LogP contribution in [-0.2, 0) is 13.1 Å². The quantitative estimate of drug-likeness (QED) is 0.826. The number of aryl methyl sites for hydroxylation is 2. The number of benzene rings is 1. The molecule has 0 aliphatic carbocycles. The van der Waals surface area contributed by atoms with Crippen LogP contribution in [0.3, 0.4) is 0 Å². The van der Waals surface area contributed by atoms with Crippen molar-refractivity contribution in [3.63, 3.8) is 0 Å². The van der Waals surface area contributed by atoms with Crippen molar-refractivity contribution in [2.24, 2.45) is 5.73 Å². The van der Waals surface area contributed by atoms with Gasteiger partial charge in [-0.15, -0.1) is 5.10 Å². The highest BCUT2D eigenvalue weighted by molar-refractivity contribution is 5.86. The van der Waals surface area contributed by atoms with Crippen LogP contribution < -0.4 is 10.5 Å². The topological polar surface area (TPSA) is 103 Å². The minimum absolute atomic E-state index is 0.0676. The summed E-state index contributed by atoms with van der Waals surface area (Å²) < 4.78 is 7.13. The van der Waals surface area contributed by atoms with Crippen LogP contribution in [0.25, 0.3) is 0 Å². The van der Waals surface area contributed by atoms with E-state index in [1.54, 1.807) is 0 Å². The van der Waals surface area contributed by atoms with Crippen molar-refractivity contribution in [2.45, 2.75) is 26.9 Å². The minimum atomic E-state index is -1.13. The summed E-state index contributed by atoms with van der Waals surface area (Å²) in [5.74, 6) is -0.350. The Morgan fingerprint density at radius 3 is 2.57 bits per heavy atom. The van der Waals surface area contributed by atoms with Crippen molar-refractivity contribution < 1.29 is 14.6 Å². The zero-order valence-corrected chi connectivity index (χ0v) is 12.0. The van der Waals surface area contributed by atoms with Gasteiger partial charge in [0, 0.05) is 6.54 Å². The van der Waals surface area contributed by atoms with Gasteiger partial charge in [-0.25, -0.2) is 9.48 Å². The molecular formula is C14H18N4O3. The molecule has 3 N–H and O–H groups in total. The molecule has 112 valence electrons. The summed E-state index contributed by atoms with van der Waals surface area (Å²) in [6.45, 7) is 4.82. The van der Waals surface area contributed by atoms with Gasteiger partial charge < -0.3 is 15.6 Å². The van der Waals surface area contributed by atoms with Crippen molar-refractivity contribution in [2.75, 3.05) is 6.61 Å². The number of ether oxygens (including phenoxy) is 1. The summed E-state index contributed by atoms with van der Waals surface area (Å²) >= 11 is 0. The summed E-state index contributed by atoms with van der Waals surface area (Å²) in [7, 11) is 0. The van der Waals surface area contributed by atoms with Gasteiger partial charge >= 0.3 is 5.97 Å².